The molecule has 2 rings (SSSR count). The van der Waals surface area contributed by atoms with Crippen molar-refractivity contribution in [1.29, 1.82) is 0 Å². The van der Waals surface area contributed by atoms with Crippen molar-refractivity contribution in [2.75, 3.05) is 19.6 Å². The van der Waals surface area contributed by atoms with Crippen LogP contribution >= 0.6 is 39.7 Å². The molecule has 1 fully saturated rings. The van der Waals surface area contributed by atoms with Gasteiger partial charge < -0.3 is 10.6 Å². The molecule has 1 saturated heterocycles. The van der Waals surface area contributed by atoms with E-state index in [-0.39, 0.29) is 23.7 Å². The molecule has 1 atom stereocenters. The minimum atomic E-state index is 0. The van der Waals surface area contributed by atoms with Gasteiger partial charge in [0, 0.05) is 17.6 Å². The Balaban J connectivity index is 0.00000162. The summed E-state index contributed by atoms with van der Waals surface area (Å²) in [5.74, 6) is 0.0265. The van der Waals surface area contributed by atoms with Gasteiger partial charge in [0.15, 0.2) is 0 Å². The Morgan fingerprint density at radius 1 is 1.67 bits per heavy atom. The van der Waals surface area contributed by atoms with Gasteiger partial charge in [0.2, 0.25) is 0 Å². The quantitative estimate of drug-likeness (QED) is 0.877. The monoisotopic (exact) mass is 352 g/mol. The van der Waals surface area contributed by atoms with E-state index in [4.69, 9.17) is 0 Å². The van der Waals surface area contributed by atoms with E-state index in [1.807, 2.05) is 11.4 Å². The summed E-state index contributed by atoms with van der Waals surface area (Å²) >= 11 is 4.85. The summed E-state index contributed by atoms with van der Waals surface area (Å²) in [7, 11) is 0. The van der Waals surface area contributed by atoms with Crippen LogP contribution in [0.3, 0.4) is 0 Å². The van der Waals surface area contributed by atoms with Crippen LogP contribution in [0.25, 0.3) is 0 Å². The molecule has 2 N–H and O–H groups in total. The van der Waals surface area contributed by atoms with E-state index in [1.165, 1.54) is 24.2 Å². The van der Waals surface area contributed by atoms with E-state index in [9.17, 15) is 4.79 Å². The number of carbonyl (C=O) groups is 1. The van der Waals surface area contributed by atoms with Gasteiger partial charge >= 0.3 is 0 Å². The topological polar surface area (TPSA) is 41.1 Å². The number of hydrogen-bond donors (Lipinski definition) is 2. The molecule has 0 aromatic carbocycles. The molecule has 6 heteroatoms. The van der Waals surface area contributed by atoms with Gasteiger partial charge in [0.25, 0.3) is 5.91 Å². The molecule has 0 saturated carbocycles. The van der Waals surface area contributed by atoms with Crippen LogP contribution in [0.4, 0.5) is 0 Å². The second-order valence-electron chi connectivity index (χ2n) is 4.87. The molecule has 1 aliphatic heterocycles. The van der Waals surface area contributed by atoms with Gasteiger partial charge in [-0.05, 0) is 52.2 Å². The fourth-order valence-electron chi connectivity index (χ4n) is 2.10. The molecule has 1 aromatic heterocycles. The van der Waals surface area contributed by atoms with Crippen molar-refractivity contribution in [3.8, 4) is 0 Å². The Hall–Kier alpha value is -0.100. The predicted molar refractivity (Wildman–Crippen MR) is 81.8 cm³/mol. The molecule has 0 spiro atoms. The number of amides is 1. The Morgan fingerprint density at radius 2 is 2.44 bits per heavy atom. The van der Waals surface area contributed by atoms with Crippen molar-refractivity contribution in [3.05, 3.63) is 20.8 Å². The smallest absolute Gasteiger partial charge is 0.262 e. The van der Waals surface area contributed by atoms with E-state index in [0.29, 0.717) is 0 Å². The van der Waals surface area contributed by atoms with Crippen LogP contribution in [-0.2, 0) is 0 Å². The minimum Gasteiger partial charge on any atom is -0.351 e. The Bertz CT molecular complexity index is 405. The highest BCUT2D eigenvalue weighted by atomic mass is 79.9. The first-order chi connectivity index (χ1) is 8.11. The second kappa shape index (κ2) is 6.89. The van der Waals surface area contributed by atoms with E-state index >= 15 is 0 Å². The fourth-order valence-corrected chi connectivity index (χ4v) is 3.57. The van der Waals surface area contributed by atoms with Crippen LogP contribution in [0.15, 0.2) is 15.9 Å². The summed E-state index contributed by atoms with van der Waals surface area (Å²) in [5.41, 5.74) is 0.192. The summed E-state index contributed by atoms with van der Waals surface area (Å²) in [6.07, 6.45) is 2.36. The molecule has 2 heterocycles. The number of nitrogens with one attached hydrogen (secondary N) is 2. The lowest BCUT2D eigenvalue weighted by molar-refractivity contribution is 0.0928. The van der Waals surface area contributed by atoms with Crippen LogP contribution in [0, 0.1) is 5.41 Å². The van der Waals surface area contributed by atoms with Crippen molar-refractivity contribution in [2.45, 2.75) is 19.8 Å². The highest BCUT2D eigenvalue weighted by molar-refractivity contribution is 9.10. The van der Waals surface area contributed by atoms with Gasteiger partial charge in [0.05, 0.1) is 0 Å². The first kappa shape index (κ1) is 16.0. The zero-order chi connectivity index (χ0) is 12.3. The number of piperidine rings is 1. The summed E-state index contributed by atoms with van der Waals surface area (Å²) in [6.45, 7) is 5.05. The first-order valence-electron chi connectivity index (χ1n) is 5.83. The third-order valence-corrected chi connectivity index (χ3v) is 5.02. The summed E-state index contributed by atoms with van der Waals surface area (Å²) in [4.78, 5) is 12.7. The third-order valence-electron chi connectivity index (χ3n) is 3.18. The highest BCUT2D eigenvalue weighted by Gasteiger charge is 2.27. The predicted octanol–water partition coefficient (Wildman–Crippen LogP) is 3.05. The van der Waals surface area contributed by atoms with Gasteiger partial charge in [-0.1, -0.05) is 6.92 Å². The summed E-state index contributed by atoms with van der Waals surface area (Å²) < 4.78 is 0.881. The molecule has 1 unspecified atom stereocenters. The van der Waals surface area contributed by atoms with Gasteiger partial charge in [-0.3, -0.25) is 4.79 Å². The maximum Gasteiger partial charge on any atom is 0.262 e. The van der Waals surface area contributed by atoms with Crippen molar-refractivity contribution < 1.29 is 4.79 Å². The third kappa shape index (κ3) is 3.95. The number of rotatable bonds is 3. The normalized spacial score (nSPS) is 23.2. The lowest BCUT2D eigenvalue weighted by Crippen LogP contribution is -2.45. The number of hydrogen-bond acceptors (Lipinski definition) is 3. The molecule has 0 aliphatic carbocycles. The fraction of sp³-hybridized carbons (Fsp3) is 0.583. The molecule has 18 heavy (non-hydrogen) atoms. The highest BCUT2D eigenvalue weighted by Crippen LogP contribution is 2.26. The van der Waals surface area contributed by atoms with E-state index in [0.717, 1.165) is 29.0 Å². The van der Waals surface area contributed by atoms with Crippen LogP contribution in [-0.4, -0.2) is 25.5 Å². The van der Waals surface area contributed by atoms with Crippen molar-refractivity contribution in [2.24, 2.45) is 5.41 Å². The molecular formula is C12H18BrClN2OS. The van der Waals surface area contributed by atoms with Crippen molar-refractivity contribution in [1.82, 2.24) is 10.6 Å². The van der Waals surface area contributed by atoms with Crippen LogP contribution in [0.5, 0.6) is 0 Å². The van der Waals surface area contributed by atoms with Crippen LogP contribution in [0.2, 0.25) is 0 Å². The van der Waals surface area contributed by atoms with Gasteiger partial charge in [-0.25, -0.2) is 0 Å². The molecule has 0 radical (unpaired) electrons. The van der Waals surface area contributed by atoms with Gasteiger partial charge in [-0.15, -0.1) is 23.7 Å². The van der Waals surface area contributed by atoms with Crippen molar-refractivity contribution in [3.63, 3.8) is 0 Å². The van der Waals surface area contributed by atoms with E-state index < -0.39 is 0 Å². The Morgan fingerprint density at radius 3 is 3.00 bits per heavy atom. The average molecular weight is 354 g/mol. The zero-order valence-electron chi connectivity index (χ0n) is 10.3. The summed E-state index contributed by atoms with van der Waals surface area (Å²) in [5, 5.41) is 8.34. The maximum atomic E-state index is 12.0. The van der Waals surface area contributed by atoms with Crippen LogP contribution < -0.4 is 10.6 Å². The minimum absolute atomic E-state index is 0. The number of carbonyl (C=O) groups excluding carboxylic acids is 1. The van der Waals surface area contributed by atoms with Gasteiger partial charge in [0.1, 0.15) is 4.88 Å². The Kier molecular flexibility index (Phi) is 6.11. The average Bonchev–Trinajstić information content (AvgIpc) is 2.74. The molecule has 3 nitrogen and oxygen atoms in total. The second-order valence-corrected chi connectivity index (χ2v) is 6.64. The lowest BCUT2D eigenvalue weighted by atomic mass is 9.83. The van der Waals surface area contributed by atoms with Crippen molar-refractivity contribution >= 4 is 45.6 Å². The number of thiophene rings is 1. The molecule has 1 aromatic rings. The molecule has 1 aliphatic rings. The molecule has 0 bridgehead atoms. The van der Waals surface area contributed by atoms with Crippen LogP contribution in [0.1, 0.15) is 29.4 Å². The molecule has 102 valence electrons. The first-order valence-corrected chi connectivity index (χ1v) is 7.50. The summed E-state index contributed by atoms with van der Waals surface area (Å²) in [6, 6.07) is 1.91. The van der Waals surface area contributed by atoms with E-state index in [1.54, 1.807) is 0 Å². The van der Waals surface area contributed by atoms with E-state index in [2.05, 4.69) is 33.5 Å². The largest absolute Gasteiger partial charge is 0.351 e. The van der Waals surface area contributed by atoms with Gasteiger partial charge in [-0.2, -0.15) is 0 Å². The standard InChI is InChI=1S/C12H17BrN2OS.ClH/c1-12(4-2-5-14-7-12)8-15-11(16)10-9(13)3-6-17-10;/h3,6,14H,2,4-5,7-8H2,1H3,(H,15,16);1H. The molecule has 1 amide bonds. The lowest BCUT2D eigenvalue weighted by Gasteiger charge is -2.34. The number of halogens is 2. The zero-order valence-corrected chi connectivity index (χ0v) is 13.5. The molecular weight excluding hydrogens is 336 g/mol. The Labute approximate surface area is 126 Å². The SMILES string of the molecule is CC1(CNC(=O)c2sccc2Br)CCCNC1.Cl. The maximum absolute atomic E-state index is 12.0.